The number of anilines is 1. The smallest absolute Gasteiger partial charge is 0.349 e. The van der Waals surface area contributed by atoms with E-state index in [0.717, 1.165) is 11.3 Å². The number of aromatic carboxylic acids is 1. The van der Waals surface area contributed by atoms with Crippen molar-refractivity contribution in [3.63, 3.8) is 0 Å². The summed E-state index contributed by atoms with van der Waals surface area (Å²) in [5.41, 5.74) is 2.13. The van der Waals surface area contributed by atoms with E-state index in [1.807, 2.05) is 50.2 Å². The van der Waals surface area contributed by atoms with Crippen LogP contribution in [0, 0.1) is 0 Å². The van der Waals surface area contributed by atoms with Gasteiger partial charge in [0.2, 0.25) is 0 Å². The van der Waals surface area contributed by atoms with Gasteiger partial charge in [-0.3, -0.25) is 0 Å². The van der Waals surface area contributed by atoms with E-state index in [2.05, 4.69) is 0 Å². The van der Waals surface area contributed by atoms with E-state index in [4.69, 9.17) is 9.84 Å². The normalized spacial score (nSPS) is 11.9. The molecule has 2 rings (SSSR count). The number of ether oxygens (including phenoxy) is 1. The van der Waals surface area contributed by atoms with Gasteiger partial charge in [0.05, 0.1) is 0 Å². The molecule has 106 valence electrons. The van der Waals surface area contributed by atoms with Crippen molar-refractivity contribution in [2.24, 2.45) is 0 Å². The van der Waals surface area contributed by atoms with E-state index in [-0.39, 0.29) is 11.0 Å². The molecular formula is C15H17NO3S. The number of hydrogen-bond donors (Lipinski definition) is 1. The molecule has 1 unspecified atom stereocenters. The Morgan fingerprint density at radius 1 is 1.25 bits per heavy atom. The standard InChI is InChI=1S/C15H17NO3S/c1-10(11-4-6-12(7-5-11)16(2)3)19-13-8-9-20-14(13)15(17)18/h4-10H,1-3H3,(H,17,18). The summed E-state index contributed by atoms with van der Waals surface area (Å²) in [6.45, 7) is 1.91. The van der Waals surface area contributed by atoms with Crippen molar-refractivity contribution in [1.29, 1.82) is 0 Å². The van der Waals surface area contributed by atoms with Crippen LogP contribution in [0.3, 0.4) is 0 Å². The number of benzene rings is 1. The summed E-state index contributed by atoms with van der Waals surface area (Å²) in [6.07, 6.45) is -0.195. The van der Waals surface area contributed by atoms with Gasteiger partial charge in [-0.25, -0.2) is 4.79 Å². The number of thiophene rings is 1. The quantitative estimate of drug-likeness (QED) is 0.913. The van der Waals surface area contributed by atoms with Crippen LogP contribution < -0.4 is 9.64 Å². The van der Waals surface area contributed by atoms with Crippen molar-refractivity contribution in [1.82, 2.24) is 0 Å². The Balaban J connectivity index is 2.13. The molecule has 0 saturated heterocycles. The summed E-state index contributed by atoms with van der Waals surface area (Å²) < 4.78 is 5.75. The summed E-state index contributed by atoms with van der Waals surface area (Å²) in [4.78, 5) is 13.3. The minimum absolute atomic E-state index is 0.195. The lowest BCUT2D eigenvalue weighted by Gasteiger charge is -2.17. The molecule has 0 radical (unpaired) electrons. The number of nitrogens with zero attached hydrogens (tertiary/aromatic N) is 1. The SMILES string of the molecule is CC(Oc1ccsc1C(=O)O)c1ccc(N(C)C)cc1. The minimum atomic E-state index is -0.954. The fourth-order valence-corrected chi connectivity index (χ4v) is 2.51. The van der Waals surface area contributed by atoms with Crippen LogP contribution in [0.5, 0.6) is 5.75 Å². The zero-order valence-electron chi connectivity index (χ0n) is 11.7. The summed E-state index contributed by atoms with van der Waals surface area (Å²) in [5, 5.41) is 10.8. The van der Waals surface area contributed by atoms with Crippen LogP contribution in [0.2, 0.25) is 0 Å². The van der Waals surface area contributed by atoms with Gasteiger partial charge < -0.3 is 14.7 Å². The van der Waals surface area contributed by atoms with Crippen LogP contribution in [0.1, 0.15) is 28.3 Å². The molecule has 20 heavy (non-hydrogen) atoms. The Labute approximate surface area is 122 Å². The van der Waals surface area contributed by atoms with Gasteiger partial charge in [-0.05, 0) is 36.1 Å². The molecule has 4 nitrogen and oxygen atoms in total. The number of carboxylic acids is 1. The van der Waals surface area contributed by atoms with E-state index in [1.54, 1.807) is 11.4 Å². The predicted molar refractivity (Wildman–Crippen MR) is 81.1 cm³/mol. The summed E-state index contributed by atoms with van der Waals surface area (Å²) in [6, 6.07) is 9.71. The molecule has 5 heteroatoms. The molecule has 2 aromatic rings. The van der Waals surface area contributed by atoms with Gasteiger partial charge in [-0.15, -0.1) is 11.3 Å². The Morgan fingerprint density at radius 3 is 2.45 bits per heavy atom. The zero-order valence-corrected chi connectivity index (χ0v) is 12.5. The highest BCUT2D eigenvalue weighted by Crippen LogP contribution is 2.29. The third kappa shape index (κ3) is 3.11. The van der Waals surface area contributed by atoms with Gasteiger partial charge >= 0.3 is 5.97 Å². The van der Waals surface area contributed by atoms with E-state index < -0.39 is 5.97 Å². The van der Waals surface area contributed by atoms with E-state index in [9.17, 15) is 4.79 Å². The molecule has 1 aromatic carbocycles. The molecule has 0 spiro atoms. The van der Waals surface area contributed by atoms with Crippen molar-refractivity contribution in [2.45, 2.75) is 13.0 Å². The average Bonchev–Trinajstić information content (AvgIpc) is 2.87. The monoisotopic (exact) mass is 291 g/mol. The second-order valence-corrected chi connectivity index (χ2v) is 5.58. The Kier molecular flexibility index (Phi) is 4.29. The fraction of sp³-hybridized carbons (Fsp3) is 0.267. The molecule has 1 N–H and O–H groups in total. The Hall–Kier alpha value is -2.01. The maximum atomic E-state index is 11.0. The molecule has 1 heterocycles. The maximum absolute atomic E-state index is 11.0. The second kappa shape index (κ2) is 5.96. The first-order valence-corrected chi connectivity index (χ1v) is 7.11. The highest BCUT2D eigenvalue weighted by Gasteiger charge is 2.16. The summed E-state index contributed by atoms with van der Waals surface area (Å²) in [5.74, 6) is -0.531. The van der Waals surface area contributed by atoms with Crippen molar-refractivity contribution >= 4 is 23.0 Å². The van der Waals surface area contributed by atoms with Gasteiger partial charge in [-0.1, -0.05) is 12.1 Å². The number of carbonyl (C=O) groups is 1. The van der Waals surface area contributed by atoms with E-state index in [0.29, 0.717) is 5.75 Å². The number of rotatable bonds is 5. The van der Waals surface area contributed by atoms with Crippen LogP contribution in [-0.2, 0) is 0 Å². The fourth-order valence-electron chi connectivity index (χ4n) is 1.85. The molecule has 1 aromatic heterocycles. The third-order valence-corrected chi connectivity index (χ3v) is 3.89. The summed E-state index contributed by atoms with van der Waals surface area (Å²) >= 11 is 1.17. The Morgan fingerprint density at radius 2 is 1.90 bits per heavy atom. The van der Waals surface area contributed by atoms with Crippen molar-refractivity contribution < 1.29 is 14.6 Å². The topological polar surface area (TPSA) is 49.8 Å². The van der Waals surface area contributed by atoms with Crippen molar-refractivity contribution in [3.05, 3.63) is 46.2 Å². The molecule has 0 fully saturated rings. The maximum Gasteiger partial charge on any atom is 0.349 e. The molecule has 0 saturated carbocycles. The highest BCUT2D eigenvalue weighted by atomic mass is 32.1. The van der Waals surface area contributed by atoms with Crippen LogP contribution in [0.4, 0.5) is 5.69 Å². The van der Waals surface area contributed by atoms with Gasteiger partial charge in [0.1, 0.15) is 11.9 Å². The number of hydrogen-bond acceptors (Lipinski definition) is 4. The molecule has 0 bridgehead atoms. The summed E-state index contributed by atoms with van der Waals surface area (Å²) in [7, 11) is 3.97. The van der Waals surface area contributed by atoms with Gasteiger partial charge in [-0.2, -0.15) is 0 Å². The largest absolute Gasteiger partial charge is 0.484 e. The Bertz CT molecular complexity index is 589. The predicted octanol–water partition coefficient (Wildman–Crippen LogP) is 3.65. The molecule has 0 aliphatic carbocycles. The van der Waals surface area contributed by atoms with Crippen molar-refractivity contribution in [2.75, 3.05) is 19.0 Å². The molecule has 0 aliphatic rings. The first-order chi connectivity index (χ1) is 9.49. The average molecular weight is 291 g/mol. The lowest BCUT2D eigenvalue weighted by Crippen LogP contribution is -2.09. The highest BCUT2D eigenvalue weighted by molar-refractivity contribution is 7.12. The van der Waals surface area contributed by atoms with Gasteiger partial charge in [0, 0.05) is 19.8 Å². The first kappa shape index (κ1) is 14.4. The van der Waals surface area contributed by atoms with Crippen LogP contribution in [0.15, 0.2) is 35.7 Å². The molecule has 0 amide bonds. The van der Waals surface area contributed by atoms with Gasteiger partial charge in [0.15, 0.2) is 4.88 Å². The van der Waals surface area contributed by atoms with E-state index in [1.165, 1.54) is 11.3 Å². The minimum Gasteiger partial charge on any atom is -0.484 e. The lowest BCUT2D eigenvalue weighted by molar-refractivity contribution is 0.0696. The van der Waals surface area contributed by atoms with Crippen LogP contribution in [-0.4, -0.2) is 25.2 Å². The molecule has 0 aliphatic heterocycles. The second-order valence-electron chi connectivity index (χ2n) is 4.67. The van der Waals surface area contributed by atoms with Gasteiger partial charge in [0.25, 0.3) is 0 Å². The molecular weight excluding hydrogens is 274 g/mol. The first-order valence-electron chi connectivity index (χ1n) is 6.23. The van der Waals surface area contributed by atoms with E-state index >= 15 is 0 Å². The zero-order chi connectivity index (χ0) is 14.7. The van der Waals surface area contributed by atoms with Crippen molar-refractivity contribution in [3.8, 4) is 5.75 Å². The molecule has 1 atom stereocenters. The van der Waals surface area contributed by atoms with Crippen LogP contribution in [0.25, 0.3) is 0 Å². The third-order valence-electron chi connectivity index (χ3n) is 3.01. The number of carboxylic acid groups (broad SMARTS) is 1. The lowest BCUT2D eigenvalue weighted by atomic mass is 10.1. The van der Waals surface area contributed by atoms with Crippen LogP contribution >= 0.6 is 11.3 Å².